The van der Waals surface area contributed by atoms with Crippen LogP contribution < -0.4 is 5.32 Å². The van der Waals surface area contributed by atoms with E-state index < -0.39 is 24.0 Å². The van der Waals surface area contributed by atoms with Crippen LogP contribution in [0.25, 0.3) is 0 Å². The molecule has 0 saturated heterocycles. The third-order valence-corrected chi connectivity index (χ3v) is 4.16. The number of nitrogens with zero attached hydrogens (tertiary/aromatic N) is 1. The number of thioether (sulfide) groups is 1. The van der Waals surface area contributed by atoms with Gasteiger partial charge in [-0.25, -0.2) is 9.79 Å². The normalized spacial score (nSPS) is 20.8. The Morgan fingerprint density at radius 3 is 2.73 bits per heavy atom. The first kappa shape index (κ1) is 16.3. The van der Waals surface area contributed by atoms with Crippen molar-refractivity contribution < 1.29 is 14.3 Å². The van der Waals surface area contributed by atoms with Crippen molar-refractivity contribution in [3.8, 4) is 0 Å². The van der Waals surface area contributed by atoms with E-state index in [2.05, 4.69) is 16.9 Å². The van der Waals surface area contributed by atoms with E-state index in [0.717, 1.165) is 10.5 Å². The molecule has 0 radical (unpaired) electrons. The Morgan fingerprint density at radius 2 is 2.14 bits per heavy atom. The van der Waals surface area contributed by atoms with E-state index in [0.29, 0.717) is 5.71 Å². The summed E-state index contributed by atoms with van der Waals surface area (Å²) < 4.78 is 5.14. The molecule has 0 aromatic heterocycles. The zero-order valence-electron chi connectivity index (χ0n) is 12.5. The molecule has 0 bridgehead atoms. The summed E-state index contributed by atoms with van der Waals surface area (Å²) >= 11 is 1.63. The third kappa shape index (κ3) is 3.57. The monoisotopic (exact) mass is 318 g/mol. The molecule has 0 saturated carbocycles. The lowest BCUT2D eigenvalue weighted by Crippen LogP contribution is -2.44. The molecule has 6 heteroatoms. The summed E-state index contributed by atoms with van der Waals surface area (Å²) in [4.78, 5) is 28.9. The van der Waals surface area contributed by atoms with Crippen LogP contribution in [0.5, 0.6) is 0 Å². The molecule has 22 heavy (non-hydrogen) atoms. The summed E-state index contributed by atoms with van der Waals surface area (Å²) in [7, 11) is 0. The number of benzene rings is 1. The second-order valence-electron chi connectivity index (χ2n) is 4.85. The van der Waals surface area contributed by atoms with Crippen LogP contribution in [0.1, 0.15) is 18.5 Å². The first-order valence-corrected chi connectivity index (χ1v) is 8.06. The fraction of sp³-hybridized carbons (Fsp3) is 0.312. The first-order valence-electron chi connectivity index (χ1n) is 6.84. The van der Waals surface area contributed by atoms with Crippen molar-refractivity contribution in [1.29, 1.82) is 0 Å². The van der Waals surface area contributed by atoms with Gasteiger partial charge in [0.1, 0.15) is 12.5 Å². The molecule has 2 rings (SSSR count). The molecule has 1 aromatic carbocycles. The maximum Gasteiger partial charge on any atom is 0.341 e. The summed E-state index contributed by atoms with van der Waals surface area (Å²) in [6, 6.07) is 6.81. The zero-order chi connectivity index (χ0) is 16.1. The Bertz CT molecular complexity index is 610. The second kappa shape index (κ2) is 7.26. The van der Waals surface area contributed by atoms with Gasteiger partial charge in [0.2, 0.25) is 0 Å². The van der Waals surface area contributed by atoms with Gasteiger partial charge in [0, 0.05) is 10.6 Å². The molecular weight excluding hydrogens is 300 g/mol. The van der Waals surface area contributed by atoms with E-state index in [4.69, 9.17) is 4.74 Å². The van der Waals surface area contributed by atoms with Crippen molar-refractivity contribution in [2.24, 2.45) is 10.9 Å². The zero-order valence-corrected chi connectivity index (χ0v) is 13.4. The number of aliphatic imine (C=N–C) groups is 1. The minimum Gasteiger partial charge on any atom is -0.461 e. The molecule has 5 nitrogen and oxygen atoms in total. The van der Waals surface area contributed by atoms with Crippen molar-refractivity contribution in [2.75, 3.05) is 12.9 Å². The van der Waals surface area contributed by atoms with Crippen molar-refractivity contribution in [3.05, 3.63) is 42.5 Å². The second-order valence-corrected chi connectivity index (χ2v) is 5.73. The maximum absolute atomic E-state index is 12.3. The van der Waals surface area contributed by atoms with Crippen LogP contribution in [0.4, 0.5) is 4.79 Å². The quantitative estimate of drug-likeness (QED) is 0.515. The van der Waals surface area contributed by atoms with Gasteiger partial charge < -0.3 is 10.1 Å². The molecule has 0 aliphatic carbocycles. The fourth-order valence-corrected chi connectivity index (χ4v) is 2.75. The topological polar surface area (TPSA) is 67.8 Å². The predicted octanol–water partition coefficient (Wildman–Crippen LogP) is 2.98. The molecule has 2 atom stereocenters. The highest BCUT2D eigenvalue weighted by atomic mass is 32.2. The molecule has 1 heterocycles. The van der Waals surface area contributed by atoms with E-state index in [1.165, 1.54) is 6.08 Å². The van der Waals surface area contributed by atoms with Crippen molar-refractivity contribution >= 4 is 29.5 Å². The lowest BCUT2D eigenvalue weighted by molar-refractivity contribution is -0.145. The van der Waals surface area contributed by atoms with Crippen molar-refractivity contribution in [1.82, 2.24) is 5.32 Å². The number of hydrogen-bond donors (Lipinski definition) is 1. The van der Waals surface area contributed by atoms with E-state index in [1.54, 1.807) is 18.7 Å². The summed E-state index contributed by atoms with van der Waals surface area (Å²) in [5, 5.41) is 2.75. The Hall–Kier alpha value is -2.08. The minimum absolute atomic E-state index is 0.134. The number of carbonyl (C=O) groups is 2. The van der Waals surface area contributed by atoms with E-state index in [-0.39, 0.29) is 6.61 Å². The summed E-state index contributed by atoms with van der Waals surface area (Å²) in [6.07, 6.45) is 3.50. The number of amides is 2. The summed E-state index contributed by atoms with van der Waals surface area (Å²) in [5.41, 5.74) is 1.30. The van der Waals surface area contributed by atoms with Gasteiger partial charge in [-0.1, -0.05) is 24.8 Å². The van der Waals surface area contributed by atoms with E-state index in [1.807, 2.05) is 30.5 Å². The maximum atomic E-state index is 12.3. The van der Waals surface area contributed by atoms with Crippen molar-refractivity contribution in [2.45, 2.75) is 17.9 Å². The molecule has 1 N–H and O–H groups in total. The molecule has 2 unspecified atom stereocenters. The fourth-order valence-electron chi connectivity index (χ4n) is 2.34. The van der Waals surface area contributed by atoms with Gasteiger partial charge >= 0.3 is 12.0 Å². The van der Waals surface area contributed by atoms with E-state index in [9.17, 15) is 9.59 Å². The number of esters is 1. The van der Waals surface area contributed by atoms with Crippen LogP contribution in [0.3, 0.4) is 0 Å². The molecule has 1 aliphatic heterocycles. The summed E-state index contributed by atoms with van der Waals surface area (Å²) in [5.74, 6) is -1.04. The van der Waals surface area contributed by atoms with Gasteiger partial charge in [-0.05, 0) is 30.9 Å². The summed E-state index contributed by atoms with van der Waals surface area (Å²) in [6.45, 7) is 5.33. The van der Waals surface area contributed by atoms with E-state index >= 15 is 0 Å². The van der Waals surface area contributed by atoms with Gasteiger partial charge in [-0.15, -0.1) is 11.8 Å². The largest absolute Gasteiger partial charge is 0.461 e. The number of ether oxygens (including phenoxy) is 1. The van der Waals surface area contributed by atoms with Gasteiger partial charge in [-0.2, -0.15) is 0 Å². The molecular formula is C16H18N2O3S. The standard InChI is InChI=1S/C16H18N2O3S/c1-4-9-21-15(19)13-10(2)17-16(20)18-14(13)11-5-7-12(22-3)8-6-11/h4-8,13-14H,1,9H2,2-3H3,(H,18,20). The number of nitrogens with one attached hydrogen (secondary N) is 1. The average molecular weight is 318 g/mol. The van der Waals surface area contributed by atoms with Gasteiger partial charge in [-0.3, -0.25) is 4.79 Å². The van der Waals surface area contributed by atoms with Gasteiger partial charge in [0.05, 0.1) is 6.04 Å². The molecule has 116 valence electrons. The minimum atomic E-state index is -0.627. The lowest BCUT2D eigenvalue weighted by Gasteiger charge is -2.29. The molecule has 1 aromatic rings. The highest BCUT2D eigenvalue weighted by Crippen LogP contribution is 2.29. The smallest absolute Gasteiger partial charge is 0.341 e. The van der Waals surface area contributed by atoms with Gasteiger partial charge in [0.15, 0.2) is 0 Å². The van der Waals surface area contributed by atoms with Crippen LogP contribution in [0.2, 0.25) is 0 Å². The van der Waals surface area contributed by atoms with Crippen LogP contribution >= 0.6 is 11.8 Å². The predicted molar refractivity (Wildman–Crippen MR) is 87.3 cm³/mol. The number of rotatable bonds is 5. The Balaban J connectivity index is 2.32. The highest BCUT2D eigenvalue weighted by Gasteiger charge is 2.37. The Morgan fingerprint density at radius 1 is 1.45 bits per heavy atom. The number of hydrogen-bond acceptors (Lipinski definition) is 4. The van der Waals surface area contributed by atoms with Crippen LogP contribution in [-0.4, -0.2) is 30.6 Å². The lowest BCUT2D eigenvalue weighted by atomic mass is 9.88. The highest BCUT2D eigenvalue weighted by molar-refractivity contribution is 7.98. The Kier molecular flexibility index (Phi) is 5.38. The first-order chi connectivity index (χ1) is 10.6. The number of carbonyl (C=O) groups excluding carboxylic acids is 2. The van der Waals surface area contributed by atoms with Crippen LogP contribution in [0, 0.1) is 5.92 Å². The van der Waals surface area contributed by atoms with Gasteiger partial charge in [0.25, 0.3) is 0 Å². The molecule has 0 spiro atoms. The van der Waals surface area contributed by atoms with Crippen molar-refractivity contribution in [3.63, 3.8) is 0 Å². The average Bonchev–Trinajstić information content (AvgIpc) is 2.52. The number of urea groups is 1. The van der Waals surface area contributed by atoms with Crippen LogP contribution in [-0.2, 0) is 9.53 Å². The SMILES string of the molecule is C=CCOC(=O)C1C(C)=NC(=O)NC1c1ccc(SC)cc1. The molecule has 1 aliphatic rings. The third-order valence-electron chi connectivity index (χ3n) is 3.41. The molecule has 0 fully saturated rings. The molecule has 2 amide bonds. The van der Waals surface area contributed by atoms with Crippen LogP contribution in [0.15, 0.2) is 46.8 Å². The Labute approximate surface area is 133 Å².